The van der Waals surface area contributed by atoms with E-state index >= 15 is 0 Å². The highest BCUT2D eigenvalue weighted by atomic mass is 19.4. The Morgan fingerprint density at radius 3 is 0.565 bits per heavy atom. The monoisotopic (exact) mass is 746 g/mol. The first-order valence-corrected chi connectivity index (χ1v) is 10.1. The summed E-state index contributed by atoms with van der Waals surface area (Å²) in [7, 11) is 0. The van der Waals surface area contributed by atoms with Gasteiger partial charge in [0.25, 0.3) is 0 Å². The minimum absolute atomic E-state index is 0.250. The Bertz CT molecular complexity index is 851. The lowest BCUT2D eigenvalue weighted by molar-refractivity contribution is -0.347. The van der Waals surface area contributed by atoms with Crippen molar-refractivity contribution in [3.8, 4) is 0 Å². The number of unbranched alkanes of at least 4 members (excludes halogenated alkanes) is 2. The number of aliphatic carboxylic acids is 3. The number of halogens is 21. The van der Waals surface area contributed by atoms with Gasteiger partial charge in [0, 0.05) is 13.2 Å². The first kappa shape index (κ1) is 49.7. The van der Waals surface area contributed by atoms with Crippen molar-refractivity contribution in [1.29, 1.82) is 0 Å². The number of hydrogen-bond donors (Lipinski definition) is 5. The van der Waals surface area contributed by atoms with Crippen LogP contribution in [0.2, 0.25) is 0 Å². The molecule has 0 fully saturated rings. The zero-order chi connectivity index (χ0) is 38.8. The number of carboxylic acid groups (broad SMARTS) is 3. The summed E-state index contributed by atoms with van der Waals surface area (Å²) in [6.07, 6.45) is -17.2. The molecule has 0 heterocycles. The van der Waals surface area contributed by atoms with Crippen molar-refractivity contribution in [3.63, 3.8) is 0 Å². The van der Waals surface area contributed by atoms with E-state index in [2.05, 4.69) is 0 Å². The minimum Gasteiger partial charge on any atom is -0.477 e. The maximum absolute atomic E-state index is 11.8. The van der Waals surface area contributed by atoms with Crippen molar-refractivity contribution >= 4 is 17.9 Å². The average molecular weight is 746 g/mol. The first-order chi connectivity index (χ1) is 19.7. The molecule has 29 heteroatoms. The average Bonchev–Trinajstić information content (AvgIpc) is 2.82. The van der Waals surface area contributed by atoms with Gasteiger partial charge < -0.3 is 25.5 Å². The van der Waals surface area contributed by atoms with Crippen LogP contribution in [0.3, 0.4) is 0 Å². The second-order valence-electron chi connectivity index (χ2n) is 7.36. The topological polar surface area (TPSA) is 152 Å². The maximum Gasteiger partial charge on any atom is 0.460 e. The Labute approximate surface area is 238 Å². The van der Waals surface area contributed by atoms with Gasteiger partial charge in [-0.05, 0) is 19.3 Å². The number of aliphatic hydroxyl groups excluding tert-OH is 2. The summed E-state index contributed by atoms with van der Waals surface area (Å²) in [5.41, 5.74) is 0. The molecule has 46 heavy (non-hydrogen) atoms. The fourth-order valence-corrected chi connectivity index (χ4v) is 1.34. The molecule has 0 bridgehead atoms. The van der Waals surface area contributed by atoms with E-state index in [4.69, 9.17) is 25.5 Å². The Hall–Kier alpha value is -3.14. The van der Waals surface area contributed by atoms with Crippen molar-refractivity contribution in [1.82, 2.24) is 0 Å². The molecule has 0 radical (unpaired) electrons. The lowest BCUT2D eigenvalue weighted by Gasteiger charge is -2.24. The largest absolute Gasteiger partial charge is 0.477 e. The van der Waals surface area contributed by atoms with Gasteiger partial charge in [-0.1, -0.05) is 0 Å². The van der Waals surface area contributed by atoms with Gasteiger partial charge in [0.15, 0.2) is 0 Å². The van der Waals surface area contributed by atoms with Crippen molar-refractivity contribution in [3.05, 3.63) is 0 Å². The van der Waals surface area contributed by atoms with Gasteiger partial charge in [-0.25, -0.2) is 14.4 Å². The highest BCUT2D eigenvalue weighted by Gasteiger charge is 2.78. The Morgan fingerprint density at radius 1 is 0.348 bits per heavy atom. The summed E-state index contributed by atoms with van der Waals surface area (Å²) in [5, 5.41) is 38.7. The van der Waals surface area contributed by atoms with Crippen LogP contribution >= 0.6 is 0 Å². The lowest BCUT2D eigenvalue weighted by Crippen LogP contribution is -2.56. The first-order valence-electron chi connectivity index (χ1n) is 10.1. The molecule has 5 N–H and O–H groups in total. The molecule has 0 unspecified atom stereocenters. The quantitative estimate of drug-likeness (QED) is 0.138. The number of alkyl halides is 21. The third-order valence-electron chi connectivity index (χ3n) is 3.87. The molecule has 0 aromatic heterocycles. The molecule has 0 saturated heterocycles. The van der Waals surface area contributed by atoms with Gasteiger partial charge in [-0.15, -0.1) is 0 Å². The third kappa shape index (κ3) is 12.2. The summed E-state index contributed by atoms with van der Waals surface area (Å²) >= 11 is 0. The van der Waals surface area contributed by atoms with E-state index in [0.29, 0.717) is 0 Å². The van der Waals surface area contributed by atoms with E-state index in [-0.39, 0.29) is 13.2 Å². The second kappa shape index (κ2) is 16.6. The van der Waals surface area contributed by atoms with Crippen LogP contribution in [-0.2, 0) is 14.4 Å². The maximum atomic E-state index is 11.8. The van der Waals surface area contributed by atoms with E-state index in [1.807, 2.05) is 0 Å². The van der Waals surface area contributed by atoms with Gasteiger partial charge >= 0.3 is 72.0 Å². The minimum atomic E-state index is -6.60. The molecule has 0 aliphatic carbocycles. The lowest BCUT2D eigenvalue weighted by atomic mass is 10.1. The highest BCUT2D eigenvalue weighted by molar-refractivity contribution is 5.77. The number of hydrogen-bond acceptors (Lipinski definition) is 5. The van der Waals surface area contributed by atoms with E-state index in [1.54, 1.807) is 0 Å². The van der Waals surface area contributed by atoms with Gasteiger partial charge in [-0.3, -0.25) is 0 Å². The molecule has 0 rings (SSSR count). The fraction of sp³-hybridized carbons (Fsp3) is 0.824. The van der Waals surface area contributed by atoms with Gasteiger partial charge in [-0.2, -0.15) is 92.2 Å². The number of rotatable bonds is 10. The van der Waals surface area contributed by atoms with Crippen LogP contribution in [0.5, 0.6) is 0 Å². The summed E-state index contributed by atoms with van der Waals surface area (Å²) < 4.78 is 241. The zero-order valence-electron chi connectivity index (χ0n) is 20.9. The SMILES string of the molecule is O=C(O)C(F)(F)C(F)(F)C(F)(F)F.O=C(O)C(F)(F)C(F)(F)C(F)(F)F.O=C(O)C(F)(F)C(F)(F)C(F)(F)F.OCCCCCO. The summed E-state index contributed by atoms with van der Waals surface area (Å²) in [6, 6.07) is 0. The van der Waals surface area contributed by atoms with Crippen LogP contribution in [0.4, 0.5) is 92.2 Å². The molecule has 0 atom stereocenters. The summed E-state index contributed by atoms with van der Waals surface area (Å²) in [4.78, 5) is 28.2. The van der Waals surface area contributed by atoms with Crippen LogP contribution in [0, 0.1) is 0 Å². The molecule has 0 aliphatic heterocycles. The van der Waals surface area contributed by atoms with Crippen LogP contribution in [0.25, 0.3) is 0 Å². The molecule has 0 amide bonds. The molecule has 0 aromatic rings. The van der Waals surface area contributed by atoms with Crippen molar-refractivity contribution in [2.24, 2.45) is 0 Å². The number of carboxylic acids is 3. The molecule has 0 aliphatic rings. The Kier molecular flexibility index (Phi) is 18.0. The summed E-state index contributed by atoms with van der Waals surface area (Å²) in [6.45, 7) is 0.500. The van der Waals surface area contributed by atoms with E-state index in [1.165, 1.54) is 0 Å². The van der Waals surface area contributed by atoms with Crippen LogP contribution < -0.4 is 0 Å². The molecule has 8 nitrogen and oxygen atoms in total. The van der Waals surface area contributed by atoms with E-state index in [0.717, 1.165) is 19.3 Å². The molecule has 0 saturated carbocycles. The van der Waals surface area contributed by atoms with Gasteiger partial charge in [0.2, 0.25) is 0 Å². The number of aliphatic hydroxyl groups is 2. The van der Waals surface area contributed by atoms with Crippen LogP contribution in [-0.4, -0.2) is 111 Å². The van der Waals surface area contributed by atoms with E-state index < -0.39 is 72.0 Å². The zero-order valence-corrected chi connectivity index (χ0v) is 20.9. The predicted molar refractivity (Wildman–Crippen MR) is 98.8 cm³/mol. The number of carbonyl (C=O) groups is 3. The molecule has 0 aromatic carbocycles. The molecular formula is C17H15F21O8. The standard InChI is InChI=1S/C5H12O2.3C4HF7O2/c6-4-2-1-3-5-7;3*5-2(6,1(12)13)3(7,8)4(9,10)11/h6-7H,1-5H2;3*(H,12,13). The van der Waals surface area contributed by atoms with Crippen molar-refractivity contribution < 1.29 is 132 Å². The highest BCUT2D eigenvalue weighted by Crippen LogP contribution is 2.48. The van der Waals surface area contributed by atoms with Gasteiger partial charge in [0.05, 0.1) is 0 Å². The normalized spacial score (nSPS) is 13.6. The second-order valence-corrected chi connectivity index (χ2v) is 7.36. The Balaban J connectivity index is -0.000000261. The molecule has 0 spiro atoms. The predicted octanol–water partition coefficient (Wildman–Crippen LogP) is 5.85. The Morgan fingerprint density at radius 2 is 0.500 bits per heavy atom. The molecular weight excluding hydrogens is 731 g/mol. The third-order valence-corrected chi connectivity index (χ3v) is 3.87. The molecule has 278 valence electrons. The van der Waals surface area contributed by atoms with E-state index in [9.17, 15) is 107 Å². The van der Waals surface area contributed by atoms with Gasteiger partial charge in [0.1, 0.15) is 0 Å². The van der Waals surface area contributed by atoms with Crippen LogP contribution in [0.1, 0.15) is 19.3 Å². The van der Waals surface area contributed by atoms with Crippen molar-refractivity contribution in [2.45, 2.75) is 73.3 Å². The summed E-state index contributed by atoms with van der Waals surface area (Å²) in [5.74, 6) is -48.8. The van der Waals surface area contributed by atoms with Crippen LogP contribution in [0.15, 0.2) is 0 Å². The fourth-order valence-electron chi connectivity index (χ4n) is 1.34. The van der Waals surface area contributed by atoms with Crippen molar-refractivity contribution in [2.75, 3.05) is 13.2 Å². The smallest absolute Gasteiger partial charge is 0.460 e.